The zero-order valence-electron chi connectivity index (χ0n) is 11.2. The summed E-state index contributed by atoms with van der Waals surface area (Å²) in [6, 6.07) is 10.3. The first-order valence-electron chi connectivity index (χ1n) is 6.10. The average molecular weight is 390 g/mol. The Morgan fingerprint density at radius 2 is 1.95 bits per heavy atom. The van der Waals surface area contributed by atoms with Gasteiger partial charge in [-0.05, 0) is 36.2 Å². The second-order valence-electron chi connectivity index (χ2n) is 4.56. The normalized spacial score (nSPS) is 11.6. The van der Waals surface area contributed by atoms with Crippen molar-refractivity contribution in [1.29, 1.82) is 0 Å². The lowest BCUT2D eigenvalue weighted by atomic mass is 10.2. The average Bonchev–Trinajstić information content (AvgIpc) is 2.42. The van der Waals surface area contributed by atoms with E-state index in [1.807, 2.05) is 24.3 Å². The highest BCUT2D eigenvalue weighted by Crippen LogP contribution is 2.27. The third-order valence-corrected chi connectivity index (χ3v) is 5.66. The van der Waals surface area contributed by atoms with Gasteiger partial charge in [-0.1, -0.05) is 45.7 Å². The third kappa shape index (κ3) is 3.77. The lowest BCUT2D eigenvalue weighted by Gasteiger charge is -2.11. The Morgan fingerprint density at radius 1 is 1.29 bits per heavy atom. The summed E-state index contributed by atoms with van der Waals surface area (Å²) in [5.74, 6) is 0. The molecule has 0 amide bonds. The van der Waals surface area contributed by atoms with Crippen LogP contribution < -0.4 is 10.5 Å². The van der Waals surface area contributed by atoms with Crippen LogP contribution in [0.3, 0.4) is 0 Å². The van der Waals surface area contributed by atoms with Gasteiger partial charge >= 0.3 is 0 Å². The number of benzene rings is 2. The largest absolute Gasteiger partial charge is 0.398 e. The number of nitrogens with one attached hydrogen (secondary N) is 1. The van der Waals surface area contributed by atoms with Crippen LogP contribution in [0.15, 0.2) is 45.8 Å². The third-order valence-electron chi connectivity index (χ3n) is 3.02. The molecule has 0 unspecified atom stereocenters. The Hall–Kier alpha value is -1.08. The van der Waals surface area contributed by atoms with E-state index in [2.05, 4.69) is 20.7 Å². The Morgan fingerprint density at radius 3 is 2.62 bits per heavy atom. The van der Waals surface area contributed by atoms with Crippen LogP contribution in [0.25, 0.3) is 0 Å². The number of sulfonamides is 1. The van der Waals surface area contributed by atoms with Gasteiger partial charge in [-0.25, -0.2) is 13.1 Å². The number of hydrogen-bond acceptors (Lipinski definition) is 3. The molecule has 7 heteroatoms. The molecular formula is C14H14BrClN2O2S. The van der Waals surface area contributed by atoms with Crippen LogP contribution in [0.5, 0.6) is 0 Å². The molecule has 0 heterocycles. The SMILES string of the molecule is Cc1cc(Cl)c(S(=O)(=O)NCc2ccccc2Br)cc1N. The van der Waals surface area contributed by atoms with Crippen LogP contribution in [0.4, 0.5) is 5.69 Å². The summed E-state index contributed by atoms with van der Waals surface area (Å²) in [5, 5.41) is 0.154. The van der Waals surface area contributed by atoms with E-state index in [9.17, 15) is 8.42 Å². The van der Waals surface area contributed by atoms with Crippen molar-refractivity contribution in [2.75, 3.05) is 5.73 Å². The topological polar surface area (TPSA) is 72.2 Å². The molecule has 0 saturated heterocycles. The minimum Gasteiger partial charge on any atom is -0.398 e. The van der Waals surface area contributed by atoms with E-state index < -0.39 is 10.0 Å². The van der Waals surface area contributed by atoms with Gasteiger partial charge in [0, 0.05) is 16.7 Å². The first-order valence-corrected chi connectivity index (χ1v) is 8.75. The van der Waals surface area contributed by atoms with Crippen LogP contribution in [-0.4, -0.2) is 8.42 Å². The smallest absolute Gasteiger partial charge is 0.242 e. The minimum atomic E-state index is -3.73. The molecule has 0 saturated carbocycles. The van der Waals surface area contributed by atoms with E-state index >= 15 is 0 Å². The fourth-order valence-electron chi connectivity index (χ4n) is 1.77. The van der Waals surface area contributed by atoms with Gasteiger partial charge in [0.25, 0.3) is 0 Å². The van der Waals surface area contributed by atoms with Crippen molar-refractivity contribution < 1.29 is 8.42 Å². The Bertz CT molecular complexity index is 779. The van der Waals surface area contributed by atoms with Crippen molar-refractivity contribution in [3.63, 3.8) is 0 Å². The van der Waals surface area contributed by atoms with Gasteiger partial charge in [0.1, 0.15) is 4.90 Å². The summed E-state index contributed by atoms with van der Waals surface area (Å²) in [6.45, 7) is 1.93. The molecule has 112 valence electrons. The van der Waals surface area contributed by atoms with Gasteiger partial charge in [0.2, 0.25) is 10.0 Å². The fraction of sp³-hybridized carbons (Fsp3) is 0.143. The number of hydrogen-bond donors (Lipinski definition) is 2. The number of nitrogen functional groups attached to an aromatic ring is 1. The summed E-state index contributed by atoms with van der Waals surface area (Å²) in [6.07, 6.45) is 0. The van der Waals surface area contributed by atoms with Crippen molar-refractivity contribution in [2.45, 2.75) is 18.4 Å². The van der Waals surface area contributed by atoms with E-state index in [1.165, 1.54) is 6.07 Å². The molecule has 0 aliphatic rings. The van der Waals surface area contributed by atoms with Gasteiger partial charge < -0.3 is 5.73 Å². The number of anilines is 1. The summed E-state index contributed by atoms with van der Waals surface area (Å²) in [4.78, 5) is -0.0145. The predicted octanol–water partition coefficient (Wildman–Crippen LogP) is 3.47. The molecular weight excluding hydrogens is 376 g/mol. The molecule has 0 aliphatic carbocycles. The maximum atomic E-state index is 12.3. The summed E-state index contributed by atoms with van der Waals surface area (Å²) in [7, 11) is -3.73. The Kier molecular flexibility index (Phi) is 4.93. The second kappa shape index (κ2) is 6.36. The monoisotopic (exact) mass is 388 g/mol. The minimum absolute atomic E-state index is 0.0145. The molecule has 2 aromatic rings. The predicted molar refractivity (Wildman–Crippen MR) is 88.8 cm³/mol. The summed E-state index contributed by atoms with van der Waals surface area (Å²) >= 11 is 9.39. The highest BCUT2D eigenvalue weighted by molar-refractivity contribution is 9.10. The lowest BCUT2D eigenvalue weighted by Crippen LogP contribution is -2.24. The van der Waals surface area contributed by atoms with Crippen molar-refractivity contribution in [2.24, 2.45) is 0 Å². The molecule has 0 spiro atoms. The zero-order chi connectivity index (χ0) is 15.6. The highest BCUT2D eigenvalue weighted by atomic mass is 79.9. The van der Waals surface area contributed by atoms with Gasteiger partial charge in [-0.15, -0.1) is 0 Å². The van der Waals surface area contributed by atoms with Crippen LogP contribution in [0, 0.1) is 6.92 Å². The van der Waals surface area contributed by atoms with E-state index in [1.54, 1.807) is 13.0 Å². The molecule has 21 heavy (non-hydrogen) atoms. The molecule has 0 aromatic heterocycles. The Balaban J connectivity index is 2.27. The van der Waals surface area contributed by atoms with Crippen molar-refractivity contribution in [3.05, 3.63) is 57.0 Å². The molecule has 0 aliphatic heterocycles. The molecule has 0 bridgehead atoms. The van der Waals surface area contributed by atoms with Crippen molar-refractivity contribution >= 4 is 43.2 Å². The van der Waals surface area contributed by atoms with Gasteiger partial charge in [-0.3, -0.25) is 0 Å². The number of rotatable bonds is 4. The molecule has 4 nitrogen and oxygen atoms in total. The number of aryl methyl sites for hydroxylation is 1. The van der Waals surface area contributed by atoms with Gasteiger partial charge in [0.15, 0.2) is 0 Å². The van der Waals surface area contributed by atoms with E-state index in [0.29, 0.717) is 5.69 Å². The molecule has 2 rings (SSSR count). The van der Waals surface area contributed by atoms with Crippen LogP contribution in [-0.2, 0) is 16.6 Å². The zero-order valence-corrected chi connectivity index (χ0v) is 14.4. The molecule has 2 aromatic carbocycles. The van der Waals surface area contributed by atoms with E-state index in [-0.39, 0.29) is 16.5 Å². The second-order valence-corrected chi connectivity index (χ2v) is 7.55. The van der Waals surface area contributed by atoms with Crippen molar-refractivity contribution in [3.8, 4) is 0 Å². The van der Waals surface area contributed by atoms with Gasteiger partial charge in [-0.2, -0.15) is 0 Å². The first kappa shape index (κ1) is 16.3. The van der Waals surface area contributed by atoms with Crippen molar-refractivity contribution in [1.82, 2.24) is 4.72 Å². The Labute approximate surface area is 137 Å². The summed E-state index contributed by atoms with van der Waals surface area (Å²) < 4.78 is 28.0. The van der Waals surface area contributed by atoms with Crippen LogP contribution in [0.1, 0.15) is 11.1 Å². The number of nitrogens with two attached hydrogens (primary N) is 1. The van der Waals surface area contributed by atoms with Crippen LogP contribution >= 0.6 is 27.5 Å². The van der Waals surface area contributed by atoms with E-state index in [4.69, 9.17) is 17.3 Å². The maximum Gasteiger partial charge on any atom is 0.242 e. The quantitative estimate of drug-likeness (QED) is 0.786. The molecule has 0 fully saturated rings. The van der Waals surface area contributed by atoms with Crippen LogP contribution in [0.2, 0.25) is 5.02 Å². The van der Waals surface area contributed by atoms with E-state index in [0.717, 1.165) is 15.6 Å². The highest BCUT2D eigenvalue weighted by Gasteiger charge is 2.19. The molecule has 0 radical (unpaired) electrons. The summed E-state index contributed by atoms with van der Waals surface area (Å²) in [5.41, 5.74) is 7.72. The maximum absolute atomic E-state index is 12.3. The number of halogens is 2. The lowest BCUT2D eigenvalue weighted by molar-refractivity contribution is 0.581. The first-order chi connectivity index (χ1) is 9.81. The van der Waals surface area contributed by atoms with Gasteiger partial charge in [0.05, 0.1) is 5.02 Å². The molecule has 3 N–H and O–H groups in total. The standard InChI is InChI=1S/C14H14BrClN2O2S/c1-9-6-12(16)14(7-13(9)17)21(19,20)18-8-10-4-2-3-5-11(10)15/h2-7,18H,8,17H2,1H3. The fourth-order valence-corrected chi connectivity index (χ4v) is 3.81. The molecule has 0 atom stereocenters.